The second-order valence-electron chi connectivity index (χ2n) is 3.83. The molecule has 1 atom stereocenters. The third kappa shape index (κ3) is 4.17. The van der Waals surface area contributed by atoms with Crippen LogP contribution >= 0.6 is 11.3 Å². The fourth-order valence-corrected chi connectivity index (χ4v) is 2.17. The maximum Gasteiger partial charge on any atom is 0.109 e. The molecule has 0 fully saturated rings. The van der Waals surface area contributed by atoms with Crippen LogP contribution in [0.25, 0.3) is 0 Å². The minimum atomic E-state index is 0.0350. The lowest BCUT2D eigenvalue weighted by Gasteiger charge is -2.18. The van der Waals surface area contributed by atoms with E-state index in [2.05, 4.69) is 22.2 Å². The highest BCUT2D eigenvalue weighted by Crippen LogP contribution is 2.16. The fraction of sp³-hybridized carbons (Fsp3) is 0.727. The summed E-state index contributed by atoms with van der Waals surface area (Å²) >= 11 is 1.64. The van der Waals surface area contributed by atoms with E-state index in [1.54, 1.807) is 18.4 Å². The first-order valence-electron chi connectivity index (χ1n) is 5.58. The Balaban J connectivity index is 2.49. The van der Waals surface area contributed by atoms with Gasteiger partial charge in [-0.1, -0.05) is 6.92 Å². The van der Waals surface area contributed by atoms with Crippen molar-refractivity contribution in [1.82, 2.24) is 9.88 Å². The van der Waals surface area contributed by atoms with Gasteiger partial charge in [-0.25, -0.2) is 4.98 Å². The van der Waals surface area contributed by atoms with Gasteiger partial charge < -0.3 is 10.5 Å². The van der Waals surface area contributed by atoms with E-state index in [9.17, 15) is 0 Å². The summed E-state index contributed by atoms with van der Waals surface area (Å²) in [6.45, 7) is 7.70. The Morgan fingerprint density at radius 1 is 1.62 bits per heavy atom. The number of nitrogens with zero attached hydrogens (tertiary/aromatic N) is 2. The van der Waals surface area contributed by atoms with Crippen molar-refractivity contribution in [1.29, 1.82) is 0 Å². The van der Waals surface area contributed by atoms with E-state index in [0.717, 1.165) is 36.9 Å². The minimum Gasteiger partial charge on any atom is -0.383 e. The quantitative estimate of drug-likeness (QED) is 0.791. The van der Waals surface area contributed by atoms with Crippen molar-refractivity contribution >= 4 is 11.3 Å². The van der Waals surface area contributed by atoms with E-state index in [-0.39, 0.29) is 6.04 Å². The number of nitrogens with two attached hydrogens (primary N) is 1. The number of likely N-dealkylation sites (N-methyl/N-ethyl adjacent to an activating group) is 1. The number of thiazole rings is 1. The fourth-order valence-electron chi connectivity index (χ4n) is 1.40. The van der Waals surface area contributed by atoms with Gasteiger partial charge in [0.25, 0.3) is 0 Å². The van der Waals surface area contributed by atoms with Crippen molar-refractivity contribution in [2.45, 2.75) is 26.4 Å². The summed E-state index contributed by atoms with van der Waals surface area (Å²) in [7, 11) is 1.73. The van der Waals surface area contributed by atoms with Gasteiger partial charge in [0, 0.05) is 25.6 Å². The summed E-state index contributed by atoms with van der Waals surface area (Å²) < 4.78 is 5.08. The average molecular weight is 243 g/mol. The van der Waals surface area contributed by atoms with E-state index in [1.807, 2.05) is 6.92 Å². The predicted octanol–water partition coefficient (Wildman–Crippen LogP) is 1.63. The summed E-state index contributed by atoms with van der Waals surface area (Å²) in [4.78, 5) is 6.83. The van der Waals surface area contributed by atoms with Crippen molar-refractivity contribution < 1.29 is 4.74 Å². The molecule has 1 unspecified atom stereocenters. The van der Waals surface area contributed by atoms with Crippen LogP contribution in [0.5, 0.6) is 0 Å². The van der Waals surface area contributed by atoms with Gasteiger partial charge in [0.1, 0.15) is 5.01 Å². The minimum absolute atomic E-state index is 0.0350. The molecule has 0 saturated carbocycles. The van der Waals surface area contributed by atoms with Crippen molar-refractivity contribution in [3.8, 4) is 0 Å². The summed E-state index contributed by atoms with van der Waals surface area (Å²) in [5, 5.41) is 3.10. The van der Waals surface area contributed by atoms with Gasteiger partial charge in [-0.2, -0.15) is 0 Å². The maximum absolute atomic E-state index is 5.78. The van der Waals surface area contributed by atoms with Crippen LogP contribution in [0.3, 0.4) is 0 Å². The van der Waals surface area contributed by atoms with Gasteiger partial charge in [-0.3, -0.25) is 4.90 Å². The number of rotatable bonds is 7. The molecule has 0 radical (unpaired) electrons. The first kappa shape index (κ1) is 13.6. The van der Waals surface area contributed by atoms with Crippen LogP contribution in [0.4, 0.5) is 0 Å². The molecule has 0 aliphatic carbocycles. The van der Waals surface area contributed by atoms with Crippen LogP contribution in [0.2, 0.25) is 0 Å². The summed E-state index contributed by atoms with van der Waals surface area (Å²) in [5.74, 6) is 0. The summed E-state index contributed by atoms with van der Waals surface area (Å²) in [5.41, 5.74) is 6.89. The zero-order chi connectivity index (χ0) is 12.0. The van der Waals surface area contributed by atoms with Gasteiger partial charge in [0.05, 0.1) is 18.3 Å². The second-order valence-corrected chi connectivity index (χ2v) is 4.72. The van der Waals surface area contributed by atoms with Crippen LogP contribution in [0, 0.1) is 0 Å². The standard InChI is InChI=1S/C11H21N3OS/c1-4-14(5-6-15-3)7-10-8-16-11(13-10)9(2)12/h8-9H,4-7,12H2,1-3H3. The molecule has 4 nitrogen and oxygen atoms in total. The van der Waals surface area contributed by atoms with Gasteiger partial charge >= 0.3 is 0 Å². The smallest absolute Gasteiger partial charge is 0.109 e. The Morgan fingerprint density at radius 2 is 2.38 bits per heavy atom. The van der Waals surface area contributed by atoms with Gasteiger partial charge in [0.15, 0.2) is 0 Å². The zero-order valence-electron chi connectivity index (χ0n) is 10.3. The van der Waals surface area contributed by atoms with E-state index < -0.39 is 0 Å². The van der Waals surface area contributed by atoms with E-state index in [4.69, 9.17) is 10.5 Å². The molecule has 0 bridgehead atoms. The Hall–Kier alpha value is -0.490. The molecule has 0 aromatic carbocycles. The monoisotopic (exact) mass is 243 g/mol. The van der Waals surface area contributed by atoms with Crippen molar-refractivity contribution in [2.24, 2.45) is 5.73 Å². The highest BCUT2D eigenvalue weighted by molar-refractivity contribution is 7.09. The first-order chi connectivity index (χ1) is 7.67. The molecule has 16 heavy (non-hydrogen) atoms. The third-order valence-electron chi connectivity index (χ3n) is 2.40. The van der Waals surface area contributed by atoms with E-state index in [0.29, 0.717) is 0 Å². The Bertz CT molecular complexity index is 301. The largest absolute Gasteiger partial charge is 0.383 e. The Kier molecular flexibility index (Phi) is 5.90. The van der Waals surface area contributed by atoms with Crippen molar-refractivity contribution in [3.63, 3.8) is 0 Å². The van der Waals surface area contributed by atoms with Crippen molar-refractivity contribution in [3.05, 3.63) is 16.1 Å². The summed E-state index contributed by atoms with van der Waals surface area (Å²) in [6, 6.07) is 0.0350. The molecule has 0 aliphatic heterocycles. The molecule has 0 saturated heterocycles. The second kappa shape index (κ2) is 6.96. The molecule has 1 heterocycles. The molecule has 0 spiro atoms. The number of methoxy groups -OCH3 is 1. The molecule has 1 aromatic heterocycles. The van der Waals surface area contributed by atoms with E-state index >= 15 is 0 Å². The number of ether oxygens (including phenoxy) is 1. The SMILES string of the molecule is CCN(CCOC)Cc1csc(C(C)N)n1. The molecule has 2 N–H and O–H groups in total. The Morgan fingerprint density at radius 3 is 2.88 bits per heavy atom. The zero-order valence-corrected chi connectivity index (χ0v) is 11.1. The molecular formula is C11H21N3OS. The van der Waals surface area contributed by atoms with Gasteiger partial charge in [-0.15, -0.1) is 11.3 Å². The van der Waals surface area contributed by atoms with Crippen LogP contribution in [0.15, 0.2) is 5.38 Å². The number of hydrogen-bond acceptors (Lipinski definition) is 5. The molecule has 0 amide bonds. The summed E-state index contributed by atoms with van der Waals surface area (Å²) in [6.07, 6.45) is 0. The lowest BCUT2D eigenvalue weighted by Crippen LogP contribution is -2.26. The molecule has 1 rings (SSSR count). The third-order valence-corrected chi connectivity index (χ3v) is 3.50. The normalized spacial score (nSPS) is 13.3. The predicted molar refractivity (Wildman–Crippen MR) is 67.5 cm³/mol. The van der Waals surface area contributed by atoms with Gasteiger partial charge in [-0.05, 0) is 13.5 Å². The molecule has 5 heteroatoms. The molecule has 0 aliphatic rings. The highest BCUT2D eigenvalue weighted by Gasteiger charge is 2.09. The highest BCUT2D eigenvalue weighted by atomic mass is 32.1. The van der Waals surface area contributed by atoms with Gasteiger partial charge in [0.2, 0.25) is 0 Å². The molecule has 1 aromatic rings. The van der Waals surface area contributed by atoms with E-state index in [1.165, 1.54) is 0 Å². The lowest BCUT2D eigenvalue weighted by atomic mass is 10.3. The van der Waals surface area contributed by atoms with Crippen LogP contribution in [-0.4, -0.2) is 36.7 Å². The first-order valence-corrected chi connectivity index (χ1v) is 6.46. The van der Waals surface area contributed by atoms with Crippen LogP contribution < -0.4 is 5.73 Å². The number of hydrogen-bond donors (Lipinski definition) is 1. The maximum atomic E-state index is 5.78. The number of aromatic nitrogens is 1. The lowest BCUT2D eigenvalue weighted by molar-refractivity contribution is 0.147. The van der Waals surface area contributed by atoms with Crippen molar-refractivity contribution in [2.75, 3.05) is 26.8 Å². The van der Waals surface area contributed by atoms with Crippen LogP contribution in [0.1, 0.15) is 30.6 Å². The Labute approximate surface area is 101 Å². The average Bonchev–Trinajstić information content (AvgIpc) is 2.72. The molecular weight excluding hydrogens is 222 g/mol. The molecule has 92 valence electrons. The topological polar surface area (TPSA) is 51.4 Å². The van der Waals surface area contributed by atoms with Crippen LogP contribution in [-0.2, 0) is 11.3 Å².